The minimum absolute atomic E-state index is 0.0243. The lowest BCUT2D eigenvalue weighted by Crippen LogP contribution is -2.17. The van der Waals surface area contributed by atoms with E-state index in [0.717, 1.165) is 53.7 Å². The van der Waals surface area contributed by atoms with Gasteiger partial charge in [-0.1, -0.05) is 24.9 Å². The average Bonchev–Trinajstić information content (AvgIpc) is 3.85. The minimum atomic E-state index is -4.21. The van der Waals surface area contributed by atoms with Crippen LogP contribution >= 0.6 is 34.3 Å². The maximum absolute atomic E-state index is 13.4. The van der Waals surface area contributed by atoms with Gasteiger partial charge in [0, 0.05) is 16.4 Å². The van der Waals surface area contributed by atoms with Gasteiger partial charge in [0.2, 0.25) is 0 Å². The van der Waals surface area contributed by atoms with Gasteiger partial charge >= 0.3 is 0 Å². The summed E-state index contributed by atoms with van der Waals surface area (Å²) in [6.45, 7) is 2.68. The molecule has 0 unspecified atom stereocenters. The number of thiophene rings is 2. The van der Waals surface area contributed by atoms with Crippen LogP contribution in [0.1, 0.15) is 39.1 Å². The molecule has 0 atom stereocenters. The molecule has 0 aliphatic carbocycles. The zero-order valence-corrected chi connectivity index (χ0v) is 33.9. The second-order valence-corrected chi connectivity index (χ2v) is 17.5. The van der Waals surface area contributed by atoms with Crippen molar-refractivity contribution >= 4 is 88.9 Å². The van der Waals surface area contributed by atoms with Gasteiger partial charge in [-0.15, -0.1) is 22.7 Å². The highest BCUT2D eigenvalue weighted by atomic mass is 35.5. The summed E-state index contributed by atoms with van der Waals surface area (Å²) < 4.78 is 113. The first-order valence-electron chi connectivity index (χ1n) is 16.8. The molecule has 20 heteroatoms. The van der Waals surface area contributed by atoms with Crippen LogP contribution in [0.15, 0.2) is 118 Å². The Labute approximate surface area is 343 Å². The molecule has 11 nitrogen and oxygen atoms in total. The largest absolute Gasteiger partial charge is 0.494 e. The van der Waals surface area contributed by atoms with Gasteiger partial charge < -0.3 is 15.4 Å². The number of sulfonamides is 2. The topological polar surface area (TPSA) is 160 Å². The van der Waals surface area contributed by atoms with Gasteiger partial charge in [0.15, 0.2) is 23.3 Å². The molecule has 4 aromatic carbocycles. The SMILES string of the molecule is CCCCOc1ccc(NC(=O)c2sccc2NS(=O)(=O)c2ccc(F)c(F)c2)cc1.O=C(Nc1ccc(Cl)cc1)c1sccc1NS(=O)(=O)c1ccc(F)c(F)c1. The van der Waals surface area contributed by atoms with Crippen molar-refractivity contribution in [2.45, 2.75) is 29.6 Å². The Bertz CT molecular complexity index is 2630. The highest BCUT2D eigenvalue weighted by molar-refractivity contribution is 7.93. The van der Waals surface area contributed by atoms with Gasteiger partial charge in [0.25, 0.3) is 31.9 Å². The fraction of sp³-hybridized carbons (Fsp3) is 0.105. The van der Waals surface area contributed by atoms with Crippen LogP contribution in [0.4, 0.5) is 40.3 Å². The lowest BCUT2D eigenvalue weighted by Gasteiger charge is -2.10. The highest BCUT2D eigenvalue weighted by Gasteiger charge is 2.23. The van der Waals surface area contributed by atoms with Crippen molar-refractivity contribution < 1.29 is 48.7 Å². The van der Waals surface area contributed by atoms with Gasteiger partial charge in [0.1, 0.15) is 15.5 Å². The lowest BCUT2D eigenvalue weighted by molar-refractivity contribution is 0.102. The second-order valence-electron chi connectivity index (χ2n) is 11.8. The normalized spacial score (nSPS) is 11.2. The smallest absolute Gasteiger partial charge is 0.267 e. The Morgan fingerprint density at radius 1 is 0.621 bits per heavy atom. The van der Waals surface area contributed by atoms with Crippen LogP contribution in [0, 0.1) is 23.3 Å². The molecule has 4 N–H and O–H groups in total. The van der Waals surface area contributed by atoms with E-state index in [1.54, 1.807) is 53.9 Å². The first-order valence-corrected chi connectivity index (χ1v) is 21.9. The zero-order chi connectivity index (χ0) is 42.0. The van der Waals surface area contributed by atoms with E-state index in [2.05, 4.69) is 27.0 Å². The minimum Gasteiger partial charge on any atom is -0.494 e. The molecule has 2 amide bonds. The standard InChI is InChI=1S/C21H20F2N2O4S2.C17H11ClF2N2O3S2/c1-2-3-11-29-15-6-4-14(5-7-15)24-21(26)20-19(10-12-30-20)25-31(27,28)16-8-9-17(22)18(23)13-16;18-10-1-3-11(4-2-10)21-17(23)16-15(7-8-26-16)22-27(24,25)12-5-6-13(19)14(20)9-12/h4-10,12-13,25H,2-3,11H2,1H3,(H,24,26);1-9,22H,(H,21,23). The number of halogens is 5. The molecule has 0 aliphatic heterocycles. The summed E-state index contributed by atoms with van der Waals surface area (Å²) in [5.74, 6) is -5.25. The number of amides is 2. The first kappa shape index (κ1) is 43.6. The van der Waals surface area contributed by atoms with Gasteiger partial charge in [-0.05, 0) is 114 Å². The summed E-state index contributed by atoms with van der Waals surface area (Å²) in [5.41, 5.74) is 1.05. The molecule has 58 heavy (non-hydrogen) atoms. The number of hydrogen-bond donors (Lipinski definition) is 4. The zero-order valence-electron chi connectivity index (χ0n) is 29.9. The van der Waals surface area contributed by atoms with E-state index in [1.165, 1.54) is 17.5 Å². The van der Waals surface area contributed by atoms with Crippen molar-refractivity contribution in [2.75, 3.05) is 26.7 Å². The van der Waals surface area contributed by atoms with Crippen molar-refractivity contribution in [3.63, 3.8) is 0 Å². The predicted octanol–water partition coefficient (Wildman–Crippen LogP) is 9.99. The summed E-state index contributed by atoms with van der Waals surface area (Å²) in [4.78, 5) is 24.4. The molecule has 6 rings (SSSR count). The molecule has 0 saturated heterocycles. The van der Waals surface area contributed by atoms with Crippen molar-refractivity contribution in [1.82, 2.24) is 0 Å². The Kier molecular flexibility index (Phi) is 14.5. The molecule has 0 fully saturated rings. The van der Waals surface area contributed by atoms with Crippen LogP contribution in [0.5, 0.6) is 5.75 Å². The van der Waals surface area contributed by atoms with Gasteiger partial charge in [-0.3, -0.25) is 19.0 Å². The summed E-state index contributed by atoms with van der Waals surface area (Å²) >= 11 is 7.85. The van der Waals surface area contributed by atoms with E-state index in [9.17, 15) is 44.0 Å². The Balaban J connectivity index is 0.000000223. The Morgan fingerprint density at radius 3 is 1.47 bits per heavy atom. The van der Waals surface area contributed by atoms with Crippen molar-refractivity contribution in [3.05, 3.63) is 146 Å². The van der Waals surface area contributed by atoms with E-state index in [-0.39, 0.29) is 21.1 Å². The maximum atomic E-state index is 13.4. The van der Waals surface area contributed by atoms with Crippen molar-refractivity contribution in [1.29, 1.82) is 0 Å². The van der Waals surface area contributed by atoms with Crippen LogP contribution < -0.4 is 24.8 Å². The Hall–Kier alpha value is -5.47. The number of benzene rings is 4. The molecule has 0 radical (unpaired) electrons. The number of unbranched alkanes of at least 4 members (excludes halogenated alkanes) is 1. The fourth-order valence-corrected chi connectivity index (χ4v) is 8.61. The highest BCUT2D eigenvalue weighted by Crippen LogP contribution is 2.29. The van der Waals surface area contributed by atoms with E-state index >= 15 is 0 Å². The molecule has 2 heterocycles. The van der Waals surface area contributed by atoms with E-state index in [4.69, 9.17) is 16.3 Å². The molecule has 2 aromatic heterocycles. The monoisotopic (exact) mass is 894 g/mol. The third-order valence-electron chi connectivity index (χ3n) is 7.62. The fourth-order valence-electron chi connectivity index (χ4n) is 4.70. The van der Waals surface area contributed by atoms with Crippen LogP contribution in [0.2, 0.25) is 5.02 Å². The predicted molar refractivity (Wildman–Crippen MR) is 217 cm³/mol. The van der Waals surface area contributed by atoms with E-state index < -0.39 is 64.9 Å². The summed E-state index contributed by atoms with van der Waals surface area (Å²) in [6, 6.07) is 20.5. The van der Waals surface area contributed by atoms with Crippen molar-refractivity contribution in [2.24, 2.45) is 0 Å². The van der Waals surface area contributed by atoms with Gasteiger partial charge in [0.05, 0.1) is 27.8 Å². The molecular weight excluding hydrogens is 864 g/mol. The molecule has 0 bridgehead atoms. The number of carbonyl (C=O) groups is 2. The van der Waals surface area contributed by atoms with Crippen molar-refractivity contribution in [3.8, 4) is 5.75 Å². The van der Waals surface area contributed by atoms with Crippen LogP contribution in [0.25, 0.3) is 0 Å². The number of carbonyl (C=O) groups excluding carboxylic acids is 2. The summed E-state index contributed by atoms with van der Waals surface area (Å²) in [6.07, 6.45) is 1.97. The third kappa shape index (κ3) is 11.6. The quantitative estimate of drug-likeness (QED) is 0.0626. The first-order chi connectivity index (χ1) is 27.6. The van der Waals surface area contributed by atoms with E-state index in [0.29, 0.717) is 47.0 Å². The summed E-state index contributed by atoms with van der Waals surface area (Å²) in [7, 11) is -8.42. The number of rotatable bonds is 14. The lowest BCUT2D eigenvalue weighted by atomic mass is 10.3. The molecule has 0 aliphatic rings. The van der Waals surface area contributed by atoms with E-state index in [1.807, 2.05) is 0 Å². The second kappa shape index (κ2) is 19.3. The van der Waals surface area contributed by atoms with Crippen LogP contribution in [-0.4, -0.2) is 35.3 Å². The van der Waals surface area contributed by atoms with Gasteiger partial charge in [-0.2, -0.15) is 0 Å². The molecular formula is C38H31ClF4N4O7S4. The molecule has 6 aromatic rings. The average molecular weight is 895 g/mol. The Morgan fingerprint density at radius 2 is 1.05 bits per heavy atom. The molecule has 304 valence electrons. The molecule has 0 saturated carbocycles. The number of ether oxygens (including phenoxy) is 1. The van der Waals surface area contributed by atoms with Gasteiger partial charge in [-0.25, -0.2) is 34.4 Å². The summed E-state index contributed by atoms with van der Waals surface area (Å²) in [5, 5.41) is 8.89. The maximum Gasteiger partial charge on any atom is 0.267 e. The number of hydrogen-bond acceptors (Lipinski definition) is 9. The number of nitrogens with one attached hydrogen (secondary N) is 4. The molecule has 0 spiro atoms. The van der Waals surface area contributed by atoms with Crippen LogP contribution in [0.3, 0.4) is 0 Å². The third-order valence-corrected chi connectivity index (χ3v) is 12.4. The van der Waals surface area contributed by atoms with Crippen LogP contribution in [-0.2, 0) is 20.0 Å². The number of anilines is 4.